The highest BCUT2D eigenvalue weighted by molar-refractivity contribution is 8.93. The summed E-state index contributed by atoms with van der Waals surface area (Å²) in [6, 6.07) is 3.59. The van der Waals surface area contributed by atoms with Crippen LogP contribution in [0.15, 0.2) is 18.5 Å². The number of carbonyl (C=O) groups excluding carboxylic acids is 1. The molecule has 1 aliphatic heterocycles. The summed E-state index contributed by atoms with van der Waals surface area (Å²) >= 11 is 0. The number of nitrogens with one attached hydrogen (secondary N) is 1. The van der Waals surface area contributed by atoms with Gasteiger partial charge in [-0.25, -0.2) is 4.68 Å². The van der Waals surface area contributed by atoms with Gasteiger partial charge in [-0.05, 0) is 48.9 Å². The number of phenolic OH excluding ortho intramolecular Hbond substituents is 1. The molecule has 2 N–H and O–H groups in total. The molecule has 1 aliphatic rings. The maximum absolute atomic E-state index is 13.2. The van der Waals surface area contributed by atoms with Gasteiger partial charge in [0, 0.05) is 29.8 Å². The number of rotatable bonds is 6. The molecule has 1 fully saturated rings. The topological polar surface area (TPSA) is 87.1 Å². The Labute approximate surface area is 208 Å². The lowest BCUT2D eigenvalue weighted by molar-refractivity contribution is 0.0965. The van der Waals surface area contributed by atoms with E-state index in [0.717, 1.165) is 30.8 Å². The fraction of sp³-hybridized carbons (Fsp3) is 0.640. The molecular weight excluding hydrogens is 482 g/mol. The van der Waals surface area contributed by atoms with Crippen LogP contribution in [-0.4, -0.2) is 49.8 Å². The van der Waals surface area contributed by atoms with Gasteiger partial charge in [-0.15, -0.1) is 17.0 Å². The number of hydrogen-bond donors (Lipinski definition) is 2. The molecule has 33 heavy (non-hydrogen) atoms. The van der Waals surface area contributed by atoms with E-state index in [9.17, 15) is 9.90 Å². The normalized spacial score (nSPS) is 15.3. The van der Waals surface area contributed by atoms with Crippen molar-refractivity contribution in [1.29, 1.82) is 5.41 Å². The van der Waals surface area contributed by atoms with E-state index in [2.05, 4.69) is 10.00 Å². The van der Waals surface area contributed by atoms with Gasteiger partial charge in [-0.3, -0.25) is 14.8 Å². The third-order valence-corrected chi connectivity index (χ3v) is 6.29. The maximum Gasteiger partial charge on any atom is 0.220 e. The van der Waals surface area contributed by atoms with E-state index >= 15 is 0 Å². The maximum atomic E-state index is 13.2. The number of hydrogen-bond acceptors (Lipinski definition) is 5. The second-order valence-electron chi connectivity index (χ2n) is 11.1. The van der Waals surface area contributed by atoms with E-state index in [1.54, 1.807) is 23.0 Å². The first-order chi connectivity index (χ1) is 14.9. The molecule has 1 aromatic carbocycles. The molecule has 2 heterocycles. The van der Waals surface area contributed by atoms with Gasteiger partial charge >= 0.3 is 0 Å². The second kappa shape index (κ2) is 10.6. The van der Waals surface area contributed by atoms with Gasteiger partial charge in [0.1, 0.15) is 18.6 Å². The van der Waals surface area contributed by atoms with Crippen LogP contribution in [0.2, 0.25) is 0 Å². The van der Waals surface area contributed by atoms with Crippen molar-refractivity contribution in [3.8, 4) is 5.75 Å². The number of likely N-dealkylation sites (tertiary alicyclic amines) is 1. The van der Waals surface area contributed by atoms with Crippen LogP contribution in [0.25, 0.3) is 0 Å². The molecule has 3 rings (SSSR count). The summed E-state index contributed by atoms with van der Waals surface area (Å²) in [4.78, 5) is 15.6. The van der Waals surface area contributed by atoms with Crippen molar-refractivity contribution in [1.82, 2.24) is 19.2 Å². The molecule has 1 aromatic heterocycles. The zero-order valence-electron chi connectivity index (χ0n) is 20.9. The van der Waals surface area contributed by atoms with Crippen LogP contribution in [0.5, 0.6) is 5.75 Å². The zero-order valence-corrected chi connectivity index (χ0v) is 22.7. The summed E-state index contributed by atoms with van der Waals surface area (Å²) in [6.45, 7) is 16.0. The Morgan fingerprint density at radius 3 is 2.06 bits per heavy atom. The van der Waals surface area contributed by atoms with E-state index < -0.39 is 0 Å². The van der Waals surface area contributed by atoms with Crippen LogP contribution in [0.1, 0.15) is 82.3 Å². The average Bonchev–Trinajstić information content (AvgIpc) is 3.05. The summed E-state index contributed by atoms with van der Waals surface area (Å²) in [7, 11) is 0. The van der Waals surface area contributed by atoms with Crippen molar-refractivity contribution in [3.05, 3.63) is 40.8 Å². The van der Waals surface area contributed by atoms with Crippen molar-refractivity contribution >= 4 is 22.8 Å². The second-order valence-corrected chi connectivity index (χ2v) is 11.1. The lowest BCUT2D eigenvalue weighted by Crippen LogP contribution is -2.35. The number of piperidine rings is 1. The Morgan fingerprint density at radius 1 is 1.00 bits per heavy atom. The number of nitrogens with zero attached hydrogens (tertiary/aromatic N) is 4. The van der Waals surface area contributed by atoms with Crippen LogP contribution >= 0.6 is 17.0 Å². The van der Waals surface area contributed by atoms with Gasteiger partial charge in [-0.1, -0.05) is 48.0 Å². The molecule has 0 unspecified atom stereocenters. The zero-order chi connectivity index (χ0) is 23.7. The summed E-state index contributed by atoms with van der Waals surface area (Å²) in [5.41, 5.74) is 1.70. The predicted molar refractivity (Wildman–Crippen MR) is 137 cm³/mol. The summed E-state index contributed by atoms with van der Waals surface area (Å²) < 4.78 is 3.26. The van der Waals surface area contributed by atoms with Crippen molar-refractivity contribution in [3.63, 3.8) is 0 Å². The lowest BCUT2D eigenvalue weighted by Gasteiger charge is -2.28. The molecule has 0 aliphatic carbocycles. The molecule has 8 heteroatoms. The van der Waals surface area contributed by atoms with Crippen molar-refractivity contribution in [2.75, 3.05) is 19.6 Å². The number of Topliss-reactive ketones (excluding diaryl/α,β-unsaturated/α-hetero) is 1. The van der Waals surface area contributed by atoms with E-state index in [-0.39, 0.29) is 51.5 Å². The minimum absolute atomic E-state index is 0. The average molecular weight is 523 g/mol. The Hall–Kier alpha value is -1.93. The van der Waals surface area contributed by atoms with Crippen LogP contribution in [0, 0.1) is 5.41 Å². The Kier molecular flexibility index (Phi) is 8.74. The minimum atomic E-state index is -0.301. The van der Waals surface area contributed by atoms with Crippen molar-refractivity contribution in [2.24, 2.45) is 0 Å². The van der Waals surface area contributed by atoms with Gasteiger partial charge in [0.05, 0.1) is 0 Å². The smallest absolute Gasteiger partial charge is 0.220 e. The van der Waals surface area contributed by atoms with Crippen LogP contribution in [0.4, 0.5) is 0 Å². The van der Waals surface area contributed by atoms with Gasteiger partial charge in [0.25, 0.3) is 0 Å². The minimum Gasteiger partial charge on any atom is -0.507 e. The molecule has 2 aromatic rings. The number of benzene rings is 1. The van der Waals surface area contributed by atoms with E-state index in [4.69, 9.17) is 5.41 Å². The predicted octanol–water partition coefficient (Wildman–Crippen LogP) is 4.41. The molecule has 0 atom stereocenters. The first-order valence-corrected chi connectivity index (χ1v) is 11.7. The van der Waals surface area contributed by atoms with Crippen LogP contribution in [0.3, 0.4) is 0 Å². The van der Waals surface area contributed by atoms with Crippen LogP contribution < -0.4 is 5.62 Å². The van der Waals surface area contributed by atoms with Gasteiger partial charge in [0.2, 0.25) is 5.62 Å². The lowest BCUT2D eigenvalue weighted by atomic mass is 9.78. The number of aromatic hydroxyl groups is 1. The fourth-order valence-electron chi connectivity index (χ4n) is 4.26. The number of carbonyl (C=O) groups is 1. The molecular formula is C25H40BrN5O2. The Bertz CT molecular complexity index is 986. The monoisotopic (exact) mass is 521 g/mol. The Balaban J connectivity index is 0.00000385. The van der Waals surface area contributed by atoms with E-state index in [0.29, 0.717) is 12.1 Å². The molecule has 184 valence electrons. The molecule has 0 saturated carbocycles. The van der Waals surface area contributed by atoms with Gasteiger partial charge in [0.15, 0.2) is 5.78 Å². The number of phenols is 1. The summed E-state index contributed by atoms with van der Waals surface area (Å²) in [6.07, 6.45) is 5.44. The standard InChI is InChI=1S/C25H39N5O2.BrH/c1-24(2,3)19-14-18(15-20(22(19)32)25(4,5)6)21(31)16-30-23(26)29(17-27-30)13-12-28-10-8-7-9-11-28;/h14-15,17,26,32H,7-13,16H2,1-6H3;1H. The highest BCUT2D eigenvalue weighted by Crippen LogP contribution is 2.39. The molecule has 0 spiro atoms. The van der Waals surface area contributed by atoms with Gasteiger partial charge in [-0.2, -0.15) is 5.10 Å². The third kappa shape index (κ3) is 6.57. The molecule has 0 bridgehead atoms. The van der Waals surface area contributed by atoms with E-state index in [1.807, 2.05) is 41.5 Å². The molecule has 1 saturated heterocycles. The quantitative estimate of drug-likeness (QED) is 0.551. The Morgan fingerprint density at radius 2 is 1.55 bits per heavy atom. The molecule has 0 radical (unpaired) electrons. The van der Waals surface area contributed by atoms with Crippen molar-refractivity contribution in [2.45, 2.75) is 84.7 Å². The number of halogens is 1. The third-order valence-electron chi connectivity index (χ3n) is 6.29. The van der Waals surface area contributed by atoms with E-state index in [1.165, 1.54) is 23.9 Å². The highest BCUT2D eigenvalue weighted by Gasteiger charge is 2.28. The SMILES string of the molecule is Br.CC(C)(C)c1cc(C(=O)Cn2ncn(CCN3CCCCC3)c2=N)cc(C(C)(C)C)c1O. The molecule has 0 amide bonds. The van der Waals surface area contributed by atoms with Gasteiger partial charge < -0.3 is 10.0 Å². The number of aromatic nitrogens is 3. The first-order valence-electron chi connectivity index (χ1n) is 11.7. The largest absolute Gasteiger partial charge is 0.507 e. The van der Waals surface area contributed by atoms with Crippen LogP contribution in [-0.2, 0) is 23.9 Å². The first kappa shape index (κ1) is 27.3. The summed E-state index contributed by atoms with van der Waals surface area (Å²) in [5, 5.41) is 23.7. The van der Waals surface area contributed by atoms with Crippen molar-refractivity contribution < 1.29 is 9.90 Å². The molecule has 7 nitrogen and oxygen atoms in total. The summed E-state index contributed by atoms with van der Waals surface area (Å²) in [5.74, 6) is 0.151. The number of ketones is 1. The highest BCUT2D eigenvalue weighted by atomic mass is 79.9. The fourth-order valence-corrected chi connectivity index (χ4v) is 4.26.